The van der Waals surface area contributed by atoms with Crippen LogP contribution in [0.2, 0.25) is 0 Å². The number of rotatable bonds is 4. The smallest absolute Gasteiger partial charge is 0.263 e. The van der Waals surface area contributed by atoms with Crippen molar-refractivity contribution in [2.45, 2.75) is 18.2 Å². The number of aliphatic imine (C=N–C) groups is 2. The van der Waals surface area contributed by atoms with Crippen LogP contribution in [0.4, 0.5) is 15.8 Å². The molecule has 0 unspecified atom stereocenters. The number of amidine groups is 2. The van der Waals surface area contributed by atoms with Crippen molar-refractivity contribution in [1.29, 1.82) is 0 Å². The zero-order valence-corrected chi connectivity index (χ0v) is 18.4. The van der Waals surface area contributed by atoms with E-state index in [0.717, 1.165) is 11.1 Å². The number of fused-ring (bicyclic) bond motifs is 3. The third-order valence-corrected chi connectivity index (χ3v) is 6.40. The molecule has 3 aromatic carbocycles. The summed E-state index contributed by atoms with van der Waals surface area (Å²) < 4.78 is 13.1. The molecule has 0 saturated carbocycles. The summed E-state index contributed by atoms with van der Waals surface area (Å²) in [5.74, 6) is -0.327. The van der Waals surface area contributed by atoms with Crippen molar-refractivity contribution >= 4 is 46.0 Å². The van der Waals surface area contributed by atoms with E-state index < -0.39 is 11.3 Å². The largest absolute Gasteiger partial charge is 0.325 e. The van der Waals surface area contributed by atoms with Gasteiger partial charge in [-0.15, -0.1) is 0 Å². The first kappa shape index (κ1) is 21.1. The number of benzene rings is 3. The van der Waals surface area contributed by atoms with Crippen LogP contribution in [0.1, 0.15) is 24.1 Å². The number of nitrogens with zero attached hydrogens (tertiary/aromatic N) is 3. The second-order valence-electron chi connectivity index (χ2n) is 7.61. The molecular weight excluding hydrogens is 439 g/mol. The van der Waals surface area contributed by atoms with E-state index in [1.165, 1.54) is 40.9 Å². The summed E-state index contributed by atoms with van der Waals surface area (Å²) in [5, 5.41) is 2.60. The van der Waals surface area contributed by atoms with Gasteiger partial charge in [-0.1, -0.05) is 54.2 Å². The van der Waals surface area contributed by atoms with Crippen LogP contribution in [-0.2, 0) is 9.59 Å². The molecule has 0 aromatic heterocycles. The van der Waals surface area contributed by atoms with E-state index in [2.05, 4.69) is 10.3 Å². The van der Waals surface area contributed by atoms with Gasteiger partial charge in [-0.25, -0.2) is 19.3 Å². The molecular formula is C25H19FN4O2S. The maximum Gasteiger partial charge on any atom is 0.263 e. The van der Waals surface area contributed by atoms with Gasteiger partial charge in [0, 0.05) is 11.3 Å². The Morgan fingerprint density at radius 2 is 1.73 bits per heavy atom. The number of para-hydroxylation sites is 1. The van der Waals surface area contributed by atoms with Gasteiger partial charge < -0.3 is 5.32 Å². The molecule has 2 aliphatic heterocycles. The summed E-state index contributed by atoms with van der Waals surface area (Å²) in [6, 6.07) is 21.8. The van der Waals surface area contributed by atoms with Crippen molar-refractivity contribution in [3.05, 3.63) is 95.8 Å². The SMILES string of the molecule is C[C@H](SC1=Nc2ccccc2C2=N[C@H](c3ccccc3)C(=O)N12)C(=O)Nc1ccc(F)cc1. The first-order valence-corrected chi connectivity index (χ1v) is 11.3. The fourth-order valence-corrected chi connectivity index (χ4v) is 4.59. The second-order valence-corrected chi connectivity index (χ2v) is 8.92. The summed E-state index contributed by atoms with van der Waals surface area (Å²) in [7, 11) is 0. The number of carbonyl (C=O) groups excluding carboxylic acids is 2. The van der Waals surface area contributed by atoms with Gasteiger partial charge in [0.1, 0.15) is 11.7 Å². The predicted octanol–water partition coefficient (Wildman–Crippen LogP) is 4.92. The summed E-state index contributed by atoms with van der Waals surface area (Å²) in [4.78, 5) is 37.1. The van der Waals surface area contributed by atoms with Crippen molar-refractivity contribution in [2.24, 2.45) is 9.98 Å². The molecule has 33 heavy (non-hydrogen) atoms. The number of hydrogen-bond acceptors (Lipinski definition) is 5. The van der Waals surface area contributed by atoms with Crippen molar-refractivity contribution in [3.8, 4) is 0 Å². The van der Waals surface area contributed by atoms with E-state index >= 15 is 0 Å². The van der Waals surface area contributed by atoms with E-state index in [1.54, 1.807) is 6.92 Å². The average molecular weight is 459 g/mol. The van der Waals surface area contributed by atoms with Crippen molar-refractivity contribution in [2.75, 3.05) is 5.32 Å². The summed E-state index contributed by atoms with van der Waals surface area (Å²) >= 11 is 1.18. The minimum absolute atomic E-state index is 0.205. The minimum Gasteiger partial charge on any atom is -0.325 e. The van der Waals surface area contributed by atoms with Crippen LogP contribution in [-0.4, -0.2) is 33.0 Å². The van der Waals surface area contributed by atoms with Gasteiger partial charge in [0.15, 0.2) is 11.2 Å². The maximum atomic E-state index is 13.4. The van der Waals surface area contributed by atoms with E-state index in [9.17, 15) is 14.0 Å². The van der Waals surface area contributed by atoms with Crippen molar-refractivity contribution < 1.29 is 14.0 Å². The molecule has 1 N–H and O–H groups in total. The first-order valence-electron chi connectivity index (χ1n) is 10.4. The molecule has 0 saturated heterocycles. The Morgan fingerprint density at radius 1 is 1.03 bits per heavy atom. The number of nitrogens with one attached hydrogen (secondary N) is 1. The highest BCUT2D eigenvalue weighted by Crippen LogP contribution is 2.38. The molecule has 164 valence electrons. The van der Waals surface area contributed by atoms with Crippen LogP contribution < -0.4 is 5.32 Å². The van der Waals surface area contributed by atoms with Crippen LogP contribution in [0, 0.1) is 5.82 Å². The number of anilines is 1. The fourth-order valence-electron chi connectivity index (χ4n) is 3.67. The zero-order chi connectivity index (χ0) is 22.9. The van der Waals surface area contributed by atoms with E-state index in [0.29, 0.717) is 22.4 Å². The second kappa shape index (κ2) is 8.63. The third-order valence-electron chi connectivity index (χ3n) is 5.35. The first-order chi connectivity index (χ1) is 16.0. The van der Waals surface area contributed by atoms with Crippen LogP contribution in [0.25, 0.3) is 0 Å². The molecule has 3 aromatic rings. The number of amides is 2. The Bertz CT molecular complexity index is 1290. The van der Waals surface area contributed by atoms with E-state index in [1.807, 2.05) is 54.6 Å². The molecule has 8 heteroatoms. The Kier molecular flexibility index (Phi) is 5.51. The lowest BCUT2D eigenvalue weighted by molar-refractivity contribution is -0.124. The van der Waals surface area contributed by atoms with Gasteiger partial charge in [0.25, 0.3) is 5.91 Å². The highest BCUT2D eigenvalue weighted by molar-refractivity contribution is 8.15. The lowest BCUT2D eigenvalue weighted by Crippen LogP contribution is -2.41. The van der Waals surface area contributed by atoms with Crippen LogP contribution in [0.15, 0.2) is 88.8 Å². The number of halogens is 1. The molecule has 6 nitrogen and oxygen atoms in total. The Hall–Kier alpha value is -3.78. The molecule has 5 rings (SSSR count). The zero-order valence-electron chi connectivity index (χ0n) is 17.6. The van der Waals surface area contributed by atoms with Gasteiger partial charge >= 0.3 is 0 Å². The standard InChI is InChI=1S/C25H19FN4O2S/c1-15(23(31)27-18-13-11-17(26)12-14-18)33-25-28-20-10-6-5-9-19(20)22-29-21(24(32)30(22)25)16-7-3-2-4-8-16/h2-15,21H,1H3,(H,27,31)/t15-,21+/m0/s1. The molecule has 0 spiro atoms. The molecule has 2 amide bonds. The van der Waals surface area contributed by atoms with Crippen molar-refractivity contribution in [3.63, 3.8) is 0 Å². The van der Waals surface area contributed by atoms with Crippen molar-refractivity contribution in [1.82, 2.24) is 4.90 Å². The Labute approximate surface area is 194 Å². The summed E-state index contributed by atoms with van der Waals surface area (Å²) in [6.07, 6.45) is 0. The van der Waals surface area contributed by atoms with Crippen LogP contribution >= 0.6 is 11.8 Å². The maximum absolute atomic E-state index is 13.4. The number of thioether (sulfide) groups is 1. The van der Waals surface area contributed by atoms with E-state index in [4.69, 9.17) is 4.99 Å². The van der Waals surface area contributed by atoms with Gasteiger partial charge in [0.2, 0.25) is 5.91 Å². The lowest BCUT2D eigenvalue weighted by Gasteiger charge is -2.26. The number of hydrogen-bond donors (Lipinski definition) is 1. The van der Waals surface area contributed by atoms with E-state index in [-0.39, 0.29) is 17.6 Å². The van der Waals surface area contributed by atoms with Gasteiger partial charge in [0.05, 0.1) is 10.9 Å². The van der Waals surface area contributed by atoms with Gasteiger partial charge in [-0.05, 0) is 48.9 Å². The molecule has 0 radical (unpaired) electrons. The summed E-state index contributed by atoms with van der Waals surface area (Å²) in [5.41, 5.74) is 2.77. The third kappa shape index (κ3) is 4.05. The molecule has 2 atom stereocenters. The Balaban J connectivity index is 1.43. The normalized spacial score (nSPS) is 17.6. The number of carbonyl (C=O) groups is 2. The lowest BCUT2D eigenvalue weighted by atomic mass is 10.1. The molecule has 0 bridgehead atoms. The summed E-state index contributed by atoms with van der Waals surface area (Å²) in [6.45, 7) is 1.73. The minimum atomic E-state index is -0.665. The average Bonchev–Trinajstić information content (AvgIpc) is 3.19. The van der Waals surface area contributed by atoms with Crippen LogP contribution in [0.5, 0.6) is 0 Å². The van der Waals surface area contributed by atoms with Gasteiger partial charge in [-0.3, -0.25) is 9.59 Å². The van der Waals surface area contributed by atoms with Crippen LogP contribution in [0.3, 0.4) is 0 Å². The highest BCUT2D eigenvalue weighted by atomic mass is 32.2. The van der Waals surface area contributed by atoms with Gasteiger partial charge in [-0.2, -0.15) is 0 Å². The molecule has 2 aliphatic rings. The molecule has 0 fully saturated rings. The molecule has 2 heterocycles. The molecule has 0 aliphatic carbocycles. The fraction of sp³-hybridized carbons (Fsp3) is 0.120. The monoisotopic (exact) mass is 458 g/mol. The quantitative estimate of drug-likeness (QED) is 0.603. The Morgan fingerprint density at radius 3 is 2.48 bits per heavy atom. The highest BCUT2D eigenvalue weighted by Gasteiger charge is 2.42. The predicted molar refractivity (Wildman–Crippen MR) is 128 cm³/mol. The topological polar surface area (TPSA) is 74.1 Å².